The molecule has 3 rings (SSSR count). The van der Waals surface area contributed by atoms with Crippen LogP contribution in [0.3, 0.4) is 0 Å². The van der Waals surface area contributed by atoms with Crippen molar-refractivity contribution in [2.45, 2.75) is 25.4 Å². The third-order valence-corrected chi connectivity index (χ3v) is 4.15. The van der Waals surface area contributed by atoms with Gasteiger partial charge in [-0.05, 0) is 52.7 Å². The predicted molar refractivity (Wildman–Crippen MR) is 73.4 cm³/mol. The van der Waals surface area contributed by atoms with Crippen LogP contribution in [0.25, 0.3) is 6.08 Å². The number of hydrogen-bond acceptors (Lipinski definition) is 2. The lowest BCUT2D eigenvalue weighted by molar-refractivity contribution is 0.138. The molecule has 0 saturated carbocycles. The van der Waals surface area contributed by atoms with Crippen molar-refractivity contribution in [3.05, 3.63) is 33.8 Å². The van der Waals surface area contributed by atoms with E-state index in [0.717, 1.165) is 36.2 Å². The minimum Gasteiger partial charge on any atom is -0.480 e. The highest BCUT2D eigenvalue weighted by molar-refractivity contribution is 9.10. The van der Waals surface area contributed by atoms with Gasteiger partial charge in [0, 0.05) is 18.5 Å². The van der Waals surface area contributed by atoms with Crippen molar-refractivity contribution in [2.75, 3.05) is 13.1 Å². The first kappa shape index (κ1) is 11.3. The average Bonchev–Trinajstić information content (AvgIpc) is 2.78. The second-order valence-electron chi connectivity index (χ2n) is 4.78. The zero-order valence-electron chi connectivity index (χ0n) is 9.92. The van der Waals surface area contributed by atoms with Gasteiger partial charge in [0.15, 0.2) is 0 Å². The van der Waals surface area contributed by atoms with Gasteiger partial charge >= 0.3 is 0 Å². The number of rotatable bonds is 1. The molecular weight excluding hydrogens is 278 g/mol. The fourth-order valence-corrected chi connectivity index (χ4v) is 3.11. The largest absolute Gasteiger partial charge is 0.480 e. The van der Waals surface area contributed by atoms with Crippen molar-refractivity contribution in [1.82, 2.24) is 5.32 Å². The molecule has 0 aliphatic carbocycles. The Hall–Kier alpha value is -0.800. The number of fused-ring (bicyclic) bond motifs is 1. The smallest absolute Gasteiger partial charge is 0.142 e. The summed E-state index contributed by atoms with van der Waals surface area (Å²) in [7, 11) is 0. The van der Waals surface area contributed by atoms with Crippen LogP contribution >= 0.6 is 15.9 Å². The molecule has 1 N–H and O–H groups in total. The predicted octanol–water partition coefficient (Wildman–Crippen LogP) is 3.15. The van der Waals surface area contributed by atoms with Crippen molar-refractivity contribution in [3.63, 3.8) is 0 Å². The molecule has 1 fully saturated rings. The highest BCUT2D eigenvalue weighted by Crippen LogP contribution is 2.40. The molecule has 0 aromatic heterocycles. The van der Waals surface area contributed by atoms with E-state index in [1.54, 1.807) is 0 Å². The number of benzene rings is 1. The molecule has 2 aliphatic heterocycles. The van der Waals surface area contributed by atoms with Gasteiger partial charge in [0.2, 0.25) is 0 Å². The van der Waals surface area contributed by atoms with E-state index in [1.165, 1.54) is 11.1 Å². The molecule has 3 heteroatoms. The molecule has 1 atom stereocenters. The van der Waals surface area contributed by atoms with Crippen LogP contribution in [0, 0.1) is 0 Å². The summed E-state index contributed by atoms with van der Waals surface area (Å²) in [4.78, 5) is 0. The van der Waals surface area contributed by atoms with Crippen LogP contribution in [0.1, 0.15) is 24.5 Å². The maximum atomic E-state index is 6.21. The summed E-state index contributed by atoms with van der Waals surface area (Å²) in [6.45, 7) is 4.11. The Labute approximate surface area is 110 Å². The third kappa shape index (κ3) is 1.91. The average molecular weight is 294 g/mol. The lowest BCUT2D eigenvalue weighted by Gasteiger charge is -2.31. The minimum atomic E-state index is -0.122. The molecule has 1 aromatic rings. The number of nitrogens with one attached hydrogen (secondary N) is 1. The van der Waals surface area contributed by atoms with Crippen molar-refractivity contribution in [1.29, 1.82) is 0 Å². The fraction of sp³-hybridized carbons (Fsp3) is 0.429. The minimum absolute atomic E-state index is 0.122. The van der Waals surface area contributed by atoms with Gasteiger partial charge < -0.3 is 10.1 Å². The van der Waals surface area contributed by atoms with Gasteiger partial charge in [-0.2, -0.15) is 0 Å². The van der Waals surface area contributed by atoms with Gasteiger partial charge in [-0.3, -0.25) is 0 Å². The Bertz CT molecular complexity index is 475. The summed E-state index contributed by atoms with van der Waals surface area (Å²) < 4.78 is 7.29. The van der Waals surface area contributed by atoms with Gasteiger partial charge in [-0.1, -0.05) is 13.0 Å². The van der Waals surface area contributed by atoms with Gasteiger partial charge in [-0.25, -0.2) is 0 Å². The summed E-state index contributed by atoms with van der Waals surface area (Å²) in [6.07, 6.45) is 6.51. The first-order valence-electron chi connectivity index (χ1n) is 6.14. The molecule has 1 unspecified atom stereocenters. The molecule has 1 saturated heterocycles. The molecule has 1 spiro atoms. The van der Waals surface area contributed by atoms with Crippen LogP contribution in [0.2, 0.25) is 0 Å². The van der Waals surface area contributed by atoms with E-state index in [1.807, 2.05) is 0 Å². The maximum absolute atomic E-state index is 6.21. The molecular formula is C14H16BrNO. The molecule has 90 valence electrons. The topological polar surface area (TPSA) is 21.3 Å². The Balaban J connectivity index is 2.03. The summed E-state index contributed by atoms with van der Waals surface area (Å²) in [5, 5.41) is 3.36. The lowest BCUT2D eigenvalue weighted by atomic mass is 9.96. The van der Waals surface area contributed by atoms with E-state index >= 15 is 0 Å². The maximum Gasteiger partial charge on any atom is 0.142 e. The highest BCUT2D eigenvalue weighted by Gasteiger charge is 2.36. The van der Waals surface area contributed by atoms with E-state index in [9.17, 15) is 0 Å². The van der Waals surface area contributed by atoms with E-state index in [2.05, 4.69) is 52.5 Å². The Morgan fingerprint density at radius 3 is 3.06 bits per heavy atom. The summed E-state index contributed by atoms with van der Waals surface area (Å²) in [5.41, 5.74) is 2.40. The Morgan fingerprint density at radius 1 is 1.47 bits per heavy atom. The van der Waals surface area contributed by atoms with E-state index in [4.69, 9.17) is 4.74 Å². The van der Waals surface area contributed by atoms with Crippen LogP contribution in [0.15, 0.2) is 22.7 Å². The number of halogens is 1. The summed E-state index contributed by atoms with van der Waals surface area (Å²) >= 11 is 3.62. The Kier molecular flexibility index (Phi) is 2.75. The zero-order chi connectivity index (χ0) is 11.9. The second kappa shape index (κ2) is 4.14. The van der Waals surface area contributed by atoms with Crippen molar-refractivity contribution in [3.8, 4) is 5.75 Å². The molecule has 17 heavy (non-hydrogen) atoms. The number of ether oxygens (including phenoxy) is 1. The number of aryl methyl sites for hydroxylation is 1. The van der Waals surface area contributed by atoms with Gasteiger partial charge in [0.1, 0.15) is 11.4 Å². The highest BCUT2D eigenvalue weighted by atomic mass is 79.9. The van der Waals surface area contributed by atoms with Gasteiger partial charge in [0.25, 0.3) is 0 Å². The molecule has 2 aliphatic rings. The van der Waals surface area contributed by atoms with Crippen LogP contribution < -0.4 is 10.1 Å². The first-order valence-corrected chi connectivity index (χ1v) is 6.93. The Morgan fingerprint density at radius 2 is 2.35 bits per heavy atom. The van der Waals surface area contributed by atoms with Crippen molar-refractivity contribution in [2.24, 2.45) is 0 Å². The SMILES string of the molecule is CCc1cc(Br)c2c(c1)C=CC1(CCNC1)O2. The summed E-state index contributed by atoms with van der Waals surface area (Å²) in [6, 6.07) is 4.37. The lowest BCUT2D eigenvalue weighted by Crippen LogP contribution is -2.37. The van der Waals surface area contributed by atoms with Gasteiger partial charge in [-0.15, -0.1) is 0 Å². The number of hydrogen-bond donors (Lipinski definition) is 1. The van der Waals surface area contributed by atoms with Crippen LogP contribution in [0.5, 0.6) is 5.75 Å². The quantitative estimate of drug-likeness (QED) is 0.859. The zero-order valence-corrected chi connectivity index (χ0v) is 11.5. The first-order chi connectivity index (χ1) is 8.22. The van der Waals surface area contributed by atoms with Crippen molar-refractivity contribution >= 4 is 22.0 Å². The van der Waals surface area contributed by atoms with E-state index < -0.39 is 0 Å². The van der Waals surface area contributed by atoms with Gasteiger partial charge in [0.05, 0.1) is 4.47 Å². The fourth-order valence-electron chi connectivity index (χ4n) is 2.51. The van der Waals surface area contributed by atoms with Crippen LogP contribution in [-0.4, -0.2) is 18.7 Å². The normalized spacial score (nSPS) is 26.0. The molecule has 0 radical (unpaired) electrons. The van der Waals surface area contributed by atoms with Crippen LogP contribution in [-0.2, 0) is 6.42 Å². The van der Waals surface area contributed by atoms with E-state index in [0.29, 0.717) is 0 Å². The molecule has 2 nitrogen and oxygen atoms in total. The van der Waals surface area contributed by atoms with E-state index in [-0.39, 0.29) is 5.60 Å². The standard InChI is InChI=1S/C14H16BrNO/c1-2-10-7-11-3-4-14(5-6-16-9-14)17-13(11)12(15)8-10/h3-4,7-8,16H,2,5-6,9H2,1H3. The molecule has 1 aromatic carbocycles. The van der Waals surface area contributed by atoms with Crippen LogP contribution in [0.4, 0.5) is 0 Å². The second-order valence-corrected chi connectivity index (χ2v) is 5.63. The van der Waals surface area contributed by atoms with Crippen molar-refractivity contribution < 1.29 is 4.74 Å². The molecule has 0 amide bonds. The summed E-state index contributed by atoms with van der Waals surface area (Å²) in [5.74, 6) is 0.994. The molecule has 2 heterocycles. The third-order valence-electron chi connectivity index (χ3n) is 3.56. The molecule has 0 bridgehead atoms. The monoisotopic (exact) mass is 293 g/mol.